The van der Waals surface area contributed by atoms with Crippen molar-refractivity contribution in [2.45, 2.75) is 18.9 Å². The molecule has 4 nitrogen and oxygen atoms in total. The molecule has 1 saturated heterocycles. The van der Waals surface area contributed by atoms with Crippen molar-refractivity contribution in [2.24, 2.45) is 0 Å². The van der Waals surface area contributed by atoms with E-state index in [1.165, 1.54) is 6.20 Å². The van der Waals surface area contributed by atoms with Crippen LogP contribution in [0, 0.1) is 0 Å². The third-order valence-electron chi connectivity index (χ3n) is 3.49. The molecule has 19 heavy (non-hydrogen) atoms. The van der Waals surface area contributed by atoms with E-state index in [0.29, 0.717) is 10.6 Å². The van der Waals surface area contributed by atoms with Gasteiger partial charge < -0.3 is 9.88 Å². The molecule has 0 bridgehead atoms. The van der Waals surface area contributed by atoms with Crippen LogP contribution in [0.3, 0.4) is 0 Å². The lowest BCUT2D eigenvalue weighted by Crippen LogP contribution is -2.31. The monoisotopic (exact) mass is 275 g/mol. The van der Waals surface area contributed by atoms with Gasteiger partial charge in [-0.25, -0.2) is 0 Å². The Labute approximate surface area is 116 Å². The number of hydrogen-bond acceptors (Lipinski definition) is 2. The summed E-state index contributed by atoms with van der Waals surface area (Å²) < 4.78 is 0. The van der Waals surface area contributed by atoms with Crippen LogP contribution in [0.15, 0.2) is 36.8 Å². The molecule has 3 heterocycles. The Morgan fingerprint density at radius 3 is 3.11 bits per heavy atom. The summed E-state index contributed by atoms with van der Waals surface area (Å²) in [6.07, 6.45) is 6.99. The maximum absolute atomic E-state index is 12.6. The lowest BCUT2D eigenvalue weighted by Gasteiger charge is -2.24. The van der Waals surface area contributed by atoms with Crippen LogP contribution in [-0.2, 0) is 0 Å². The first-order valence-corrected chi connectivity index (χ1v) is 6.69. The van der Waals surface area contributed by atoms with Crippen LogP contribution in [0.2, 0.25) is 5.02 Å². The van der Waals surface area contributed by atoms with E-state index in [-0.39, 0.29) is 11.9 Å². The maximum Gasteiger partial charge on any atom is 0.257 e. The van der Waals surface area contributed by atoms with Gasteiger partial charge in [-0.1, -0.05) is 11.6 Å². The Bertz CT molecular complexity index is 582. The first-order valence-electron chi connectivity index (χ1n) is 6.31. The summed E-state index contributed by atoms with van der Waals surface area (Å²) in [5.74, 6) is -0.0461. The van der Waals surface area contributed by atoms with E-state index in [1.54, 1.807) is 12.3 Å². The van der Waals surface area contributed by atoms with E-state index < -0.39 is 0 Å². The zero-order valence-corrected chi connectivity index (χ0v) is 11.1. The number of aromatic nitrogens is 2. The number of amides is 1. The third kappa shape index (κ3) is 2.24. The van der Waals surface area contributed by atoms with Crippen molar-refractivity contribution in [3.8, 4) is 0 Å². The zero-order chi connectivity index (χ0) is 13.2. The second-order valence-electron chi connectivity index (χ2n) is 4.64. The van der Waals surface area contributed by atoms with Crippen LogP contribution in [0.25, 0.3) is 0 Å². The zero-order valence-electron chi connectivity index (χ0n) is 10.3. The molecule has 0 spiro atoms. The Kier molecular flexibility index (Phi) is 3.25. The first kappa shape index (κ1) is 12.2. The Morgan fingerprint density at radius 1 is 1.47 bits per heavy atom. The minimum absolute atomic E-state index is 0.0461. The fourth-order valence-corrected chi connectivity index (χ4v) is 2.76. The van der Waals surface area contributed by atoms with Crippen molar-refractivity contribution >= 4 is 17.5 Å². The molecule has 1 N–H and O–H groups in total. The number of nitrogens with one attached hydrogen (secondary N) is 1. The van der Waals surface area contributed by atoms with Crippen molar-refractivity contribution in [1.29, 1.82) is 0 Å². The number of likely N-dealkylation sites (tertiary alicyclic amines) is 1. The number of carbonyl (C=O) groups is 1. The van der Waals surface area contributed by atoms with E-state index in [4.69, 9.17) is 11.6 Å². The normalized spacial score (nSPS) is 18.8. The molecule has 1 atom stereocenters. The predicted octanol–water partition coefficient (Wildman–Crippen LogP) is 3.04. The van der Waals surface area contributed by atoms with Gasteiger partial charge in [-0.05, 0) is 31.0 Å². The molecule has 98 valence electrons. The van der Waals surface area contributed by atoms with Gasteiger partial charge in [-0.3, -0.25) is 9.78 Å². The number of H-pyrrole nitrogens is 1. The van der Waals surface area contributed by atoms with Gasteiger partial charge in [-0.2, -0.15) is 0 Å². The van der Waals surface area contributed by atoms with Crippen LogP contribution >= 0.6 is 11.6 Å². The number of carbonyl (C=O) groups excluding carboxylic acids is 1. The largest absolute Gasteiger partial charge is 0.363 e. The molecule has 0 radical (unpaired) electrons. The molecule has 3 rings (SSSR count). The minimum Gasteiger partial charge on any atom is -0.363 e. The van der Waals surface area contributed by atoms with E-state index >= 15 is 0 Å². The fraction of sp³-hybridized carbons (Fsp3) is 0.286. The highest BCUT2D eigenvalue weighted by atomic mass is 35.5. The average Bonchev–Trinajstić information content (AvgIpc) is 3.09. The number of hydrogen-bond donors (Lipinski definition) is 1. The molecule has 0 aromatic carbocycles. The second-order valence-corrected chi connectivity index (χ2v) is 5.04. The fourth-order valence-electron chi connectivity index (χ4n) is 2.57. The van der Waals surface area contributed by atoms with Gasteiger partial charge in [0.05, 0.1) is 16.6 Å². The number of aromatic amines is 1. The van der Waals surface area contributed by atoms with Crippen molar-refractivity contribution in [3.05, 3.63) is 53.1 Å². The van der Waals surface area contributed by atoms with Crippen LogP contribution < -0.4 is 0 Å². The van der Waals surface area contributed by atoms with Gasteiger partial charge in [0.15, 0.2) is 0 Å². The van der Waals surface area contributed by atoms with Crippen molar-refractivity contribution < 1.29 is 4.79 Å². The van der Waals surface area contributed by atoms with E-state index in [1.807, 2.05) is 23.2 Å². The van der Waals surface area contributed by atoms with Crippen molar-refractivity contribution in [3.63, 3.8) is 0 Å². The van der Waals surface area contributed by atoms with E-state index in [9.17, 15) is 4.79 Å². The SMILES string of the molecule is O=C(c1cnccc1Cl)N1CCCC1c1ccc[nH]1. The van der Waals surface area contributed by atoms with Crippen LogP contribution in [0.4, 0.5) is 0 Å². The summed E-state index contributed by atoms with van der Waals surface area (Å²) in [7, 11) is 0. The number of nitrogens with zero attached hydrogens (tertiary/aromatic N) is 2. The molecule has 1 fully saturated rings. The lowest BCUT2D eigenvalue weighted by molar-refractivity contribution is 0.0733. The molecule has 2 aromatic rings. The maximum atomic E-state index is 12.6. The Balaban J connectivity index is 1.89. The van der Waals surface area contributed by atoms with Gasteiger partial charge >= 0.3 is 0 Å². The minimum atomic E-state index is -0.0461. The summed E-state index contributed by atoms with van der Waals surface area (Å²) in [5.41, 5.74) is 1.55. The molecule has 5 heteroatoms. The van der Waals surface area contributed by atoms with Crippen LogP contribution in [0.5, 0.6) is 0 Å². The van der Waals surface area contributed by atoms with Crippen molar-refractivity contribution in [1.82, 2.24) is 14.9 Å². The molecule has 0 aliphatic carbocycles. The quantitative estimate of drug-likeness (QED) is 0.916. The molecule has 2 aromatic heterocycles. The van der Waals surface area contributed by atoms with Crippen LogP contribution in [0.1, 0.15) is 34.9 Å². The van der Waals surface area contributed by atoms with Gasteiger partial charge in [0.1, 0.15) is 0 Å². The highest BCUT2D eigenvalue weighted by Crippen LogP contribution is 2.32. The molecule has 0 saturated carbocycles. The van der Waals surface area contributed by atoms with Gasteiger partial charge in [0, 0.05) is 30.8 Å². The summed E-state index contributed by atoms with van der Waals surface area (Å²) in [5, 5.41) is 0.456. The topological polar surface area (TPSA) is 49.0 Å². The highest BCUT2D eigenvalue weighted by Gasteiger charge is 2.31. The lowest BCUT2D eigenvalue weighted by atomic mass is 10.1. The highest BCUT2D eigenvalue weighted by molar-refractivity contribution is 6.33. The third-order valence-corrected chi connectivity index (χ3v) is 3.82. The average molecular weight is 276 g/mol. The van der Waals surface area contributed by atoms with Crippen LogP contribution in [-0.4, -0.2) is 27.3 Å². The molecule has 1 unspecified atom stereocenters. The molecular weight excluding hydrogens is 262 g/mol. The van der Waals surface area contributed by atoms with E-state index in [2.05, 4.69) is 9.97 Å². The molecule has 1 aliphatic rings. The standard InChI is InChI=1S/C14H14ClN3O/c15-11-5-7-16-9-10(11)14(19)18-8-2-4-13(18)12-3-1-6-17-12/h1,3,5-7,9,13,17H,2,4,8H2. The number of rotatable bonds is 2. The number of halogens is 1. The predicted molar refractivity (Wildman–Crippen MR) is 73.1 cm³/mol. The molecular formula is C14H14ClN3O. The van der Waals surface area contributed by atoms with Gasteiger partial charge in [-0.15, -0.1) is 0 Å². The van der Waals surface area contributed by atoms with Gasteiger partial charge in [0.2, 0.25) is 0 Å². The summed E-state index contributed by atoms with van der Waals surface area (Å²) in [6.45, 7) is 0.758. The first-order chi connectivity index (χ1) is 9.27. The van der Waals surface area contributed by atoms with Gasteiger partial charge in [0.25, 0.3) is 5.91 Å². The molecule has 1 aliphatic heterocycles. The summed E-state index contributed by atoms with van der Waals surface area (Å²) >= 11 is 6.07. The molecule has 1 amide bonds. The Hall–Kier alpha value is -1.81. The smallest absolute Gasteiger partial charge is 0.257 e. The second kappa shape index (κ2) is 5.05. The van der Waals surface area contributed by atoms with Crippen molar-refractivity contribution in [2.75, 3.05) is 6.54 Å². The Morgan fingerprint density at radius 2 is 2.37 bits per heavy atom. The summed E-state index contributed by atoms with van der Waals surface area (Å²) in [4.78, 5) is 21.6. The van der Waals surface area contributed by atoms with E-state index in [0.717, 1.165) is 25.1 Å². The summed E-state index contributed by atoms with van der Waals surface area (Å²) in [6, 6.07) is 5.72. The number of pyridine rings is 1.